The lowest BCUT2D eigenvalue weighted by atomic mass is 10.4. The third-order valence-electron chi connectivity index (χ3n) is 1.60. The van der Waals surface area contributed by atoms with E-state index >= 15 is 0 Å². The van der Waals surface area contributed by atoms with Crippen LogP contribution in [0.15, 0.2) is 16.7 Å². The van der Waals surface area contributed by atoms with Crippen LogP contribution in [0.2, 0.25) is 5.02 Å². The van der Waals surface area contributed by atoms with Crippen molar-refractivity contribution in [3.05, 3.63) is 21.8 Å². The molecule has 0 radical (unpaired) electrons. The second-order valence-corrected chi connectivity index (χ2v) is 4.11. The lowest BCUT2D eigenvalue weighted by molar-refractivity contribution is -0.119. The minimum atomic E-state index is -0.0849. The van der Waals surface area contributed by atoms with Crippen LogP contribution < -0.4 is 10.6 Å². The van der Waals surface area contributed by atoms with E-state index in [2.05, 4.69) is 31.5 Å². The lowest BCUT2D eigenvalue weighted by Crippen LogP contribution is -2.29. The van der Waals surface area contributed by atoms with Crippen molar-refractivity contribution >= 4 is 39.3 Å². The lowest BCUT2D eigenvalue weighted by Gasteiger charge is -2.07. The zero-order valence-corrected chi connectivity index (χ0v) is 10.5. The topological polar surface area (TPSA) is 54.0 Å². The molecule has 82 valence electrons. The molecule has 4 nitrogen and oxygen atoms in total. The highest BCUT2D eigenvalue weighted by Gasteiger charge is 2.04. The van der Waals surface area contributed by atoms with E-state index in [1.807, 2.05) is 6.92 Å². The number of hydrogen-bond acceptors (Lipinski definition) is 3. The first kappa shape index (κ1) is 12.3. The van der Waals surface area contributed by atoms with Crippen molar-refractivity contribution in [2.24, 2.45) is 0 Å². The number of amides is 1. The van der Waals surface area contributed by atoms with Crippen molar-refractivity contribution in [1.29, 1.82) is 0 Å². The molecule has 1 amide bonds. The number of rotatable bonds is 4. The maximum absolute atomic E-state index is 11.1. The van der Waals surface area contributed by atoms with E-state index in [0.29, 0.717) is 17.4 Å². The van der Waals surface area contributed by atoms with E-state index in [-0.39, 0.29) is 12.5 Å². The van der Waals surface area contributed by atoms with Gasteiger partial charge in [0.1, 0.15) is 5.82 Å². The number of carbonyl (C=O) groups is 1. The van der Waals surface area contributed by atoms with Crippen molar-refractivity contribution in [2.45, 2.75) is 6.92 Å². The van der Waals surface area contributed by atoms with Gasteiger partial charge in [0.2, 0.25) is 5.91 Å². The first-order valence-electron chi connectivity index (χ1n) is 4.45. The molecule has 0 aromatic carbocycles. The van der Waals surface area contributed by atoms with Gasteiger partial charge in [-0.1, -0.05) is 11.6 Å². The number of halogens is 2. The Balaban J connectivity index is 2.54. The number of nitrogens with one attached hydrogen (secondary N) is 2. The Labute approximate surface area is 102 Å². The summed E-state index contributed by atoms with van der Waals surface area (Å²) in [4.78, 5) is 15.2. The Morgan fingerprint density at radius 2 is 2.40 bits per heavy atom. The summed E-state index contributed by atoms with van der Waals surface area (Å²) in [6.07, 6.45) is 1.62. The van der Waals surface area contributed by atoms with Gasteiger partial charge in [-0.05, 0) is 28.9 Å². The minimum absolute atomic E-state index is 0.0849. The third-order valence-corrected chi connectivity index (χ3v) is 2.32. The standard InChI is InChI=1S/C9H11BrClN3O/c1-2-12-8(15)5-14-9-7(11)3-6(10)4-13-9/h3-4H,2,5H2,1H3,(H,12,15)(H,13,14). The van der Waals surface area contributed by atoms with Crippen LogP contribution in [0, 0.1) is 0 Å². The molecule has 6 heteroatoms. The molecule has 0 saturated carbocycles. The fourth-order valence-corrected chi connectivity index (χ4v) is 1.66. The van der Waals surface area contributed by atoms with E-state index in [9.17, 15) is 4.79 Å². The van der Waals surface area contributed by atoms with Gasteiger partial charge in [-0.25, -0.2) is 4.98 Å². The minimum Gasteiger partial charge on any atom is -0.360 e. The van der Waals surface area contributed by atoms with Gasteiger partial charge in [0.15, 0.2) is 0 Å². The normalized spacial score (nSPS) is 9.80. The molecular weight excluding hydrogens is 281 g/mol. The molecule has 0 aliphatic heterocycles. The Morgan fingerprint density at radius 1 is 1.67 bits per heavy atom. The highest BCUT2D eigenvalue weighted by molar-refractivity contribution is 9.10. The predicted octanol–water partition coefficient (Wildman–Crippen LogP) is 2.05. The van der Waals surface area contributed by atoms with Crippen LogP contribution in [0.5, 0.6) is 0 Å². The van der Waals surface area contributed by atoms with Gasteiger partial charge in [0.05, 0.1) is 11.6 Å². The van der Waals surface area contributed by atoms with Gasteiger partial charge in [0.25, 0.3) is 0 Å². The van der Waals surface area contributed by atoms with Crippen molar-refractivity contribution in [3.63, 3.8) is 0 Å². The molecule has 0 spiro atoms. The summed E-state index contributed by atoms with van der Waals surface area (Å²) in [6, 6.07) is 1.72. The van der Waals surface area contributed by atoms with Crippen LogP contribution in [0.25, 0.3) is 0 Å². The second-order valence-electron chi connectivity index (χ2n) is 2.79. The predicted molar refractivity (Wildman–Crippen MR) is 64.1 cm³/mol. The van der Waals surface area contributed by atoms with Gasteiger partial charge < -0.3 is 10.6 Å². The zero-order valence-electron chi connectivity index (χ0n) is 8.18. The van der Waals surface area contributed by atoms with Gasteiger partial charge in [-0.15, -0.1) is 0 Å². The average Bonchev–Trinajstić information content (AvgIpc) is 2.17. The highest BCUT2D eigenvalue weighted by Crippen LogP contribution is 2.22. The quantitative estimate of drug-likeness (QED) is 0.893. The molecule has 1 aromatic heterocycles. The molecule has 0 bridgehead atoms. The zero-order chi connectivity index (χ0) is 11.3. The van der Waals surface area contributed by atoms with E-state index < -0.39 is 0 Å². The van der Waals surface area contributed by atoms with Crippen LogP contribution in [-0.4, -0.2) is 24.0 Å². The monoisotopic (exact) mass is 291 g/mol. The summed E-state index contributed by atoms with van der Waals surface area (Å²) < 4.78 is 0.802. The molecule has 0 aliphatic carbocycles. The van der Waals surface area contributed by atoms with Crippen molar-refractivity contribution < 1.29 is 4.79 Å². The second kappa shape index (κ2) is 5.92. The molecule has 0 fully saturated rings. The number of pyridine rings is 1. The Kier molecular flexibility index (Phi) is 4.84. The fourth-order valence-electron chi connectivity index (χ4n) is 0.968. The maximum atomic E-state index is 11.1. The molecule has 1 heterocycles. The number of hydrogen-bond donors (Lipinski definition) is 2. The van der Waals surface area contributed by atoms with Gasteiger partial charge in [-0.3, -0.25) is 4.79 Å². The van der Waals surface area contributed by atoms with E-state index in [0.717, 1.165) is 4.47 Å². The Morgan fingerprint density at radius 3 is 3.00 bits per heavy atom. The summed E-state index contributed by atoms with van der Waals surface area (Å²) in [5, 5.41) is 5.99. The number of anilines is 1. The molecule has 0 atom stereocenters. The highest BCUT2D eigenvalue weighted by atomic mass is 79.9. The summed E-state index contributed by atoms with van der Waals surface area (Å²) >= 11 is 9.15. The van der Waals surface area contributed by atoms with E-state index in [4.69, 9.17) is 11.6 Å². The molecule has 1 aromatic rings. The molecule has 0 unspecified atom stereocenters. The molecule has 2 N–H and O–H groups in total. The average molecular weight is 293 g/mol. The van der Waals surface area contributed by atoms with E-state index in [1.54, 1.807) is 12.3 Å². The number of nitrogens with zero attached hydrogens (tertiary/aromatic N) is 1. The number of likely N-dealkylation sites (N-methyl/N-ethyl adjacent to an activating group) is 1. The van der Waals surface area contributed by atoms with Crippen LogP contribution in [0.3, 0.4) is 0 Å². The maximum Gasteiger partial charge on any atom is 0.239 e. The van der Waals surface area contributed by atoms with Crippen molar-refractivity contribution in [1.82, 2.24) is 10.3 Å². The van der Waals surface area contributed by atoms with Gasteiger partial charge in [0, 0.05) is 17.2 Å². The summed E-state index contributed by atoms with van der Waals surface area (Å²) in [5.74, 6) is 0.421. The molecule has 0 aliphatic rings. The largest absolute Gasteiger partial charge is 0.360 e. The first-order valence-corrected chi connectivity index (χ1v) is 5.62. The number of aromatic nitrogens is 1. The fraction of sp³-hybridized carbons (Fsp3) is 0.333. The van der Waals surface area contributed by atoms with Crippen LogP contribution in [0.1, 0.15) is 6.92 Å². The smallest absolute Gasteiger partial charge is 0.239 e. The summed E-state index contributed by atoms with van der Waals surface area (Å²) in [5.41, 5.74) is 0. The molecular formula is C9H11BrClN3O. The van der Waals surface area contributed by atoms with Crippen LogP contribution in [-0.2, 0) is 4.79 Å². The van der Waals surface area contributed by atoms with E-state index in [1.165, 1.54) is 0 Å². The first-order chi connectivity index (χ1) is 7.13. The summed E-state index contributed by atoms with van der Waals surface area (Å²) in [7, 11) is 0. The van der Waals surface area contributed by atoms with Crippen molar-refractivity contribution in [3.8, 4) is 0 Å². The van der Waals surface area contributed by atoms with Gasteiger partial charge >= 0.3 is 0 Å². The molecule has 0 saturated heterocycles. The summed E-state index contributed by atoms with van der Waals surface area (Å²) in [6.45, 7) is 2.65. The Bertz CT molecular complexity index is 359. The van der Waals surface area contributed by atoms with Gasteiger partial charge in [-0.2, -0.15) is 0 Å². The van der Waals surface area contributed by atoms with Crippen molar-refractivity contribution in [2.75, 3.05) is 18.4 Å². The third kappa shape index (κ3) is 4.05. The van der Waals surface area contributed by atoms with Crippen LogP contribution in [0.4, 0.5) is 5.82 Å². The SMILES string of the molecule is CCNC(=O)CNc1ncc(Br)cc1Cl. The van der Waals surface area contributed by atoms with Crippen LogP contribution >= 0.6 is 27.5 Å². The Hall–Kier alpha value is -0.810. The number of carbonyl (C=O) groups excluding carboxylic acids is 1. The molecule has 1 rings (SSSR count). The molecule has 15 heavy (non-hydrogen) atoms.